The lowest BCUT2D eigenvalue weighted by Gasteiger charge is -2.43. The minimum atomic E-state index is -1.43. The number of esters is 4. The first-order chi connectivity index (χ1) is 22.8. The van der Waals surface area contributed by atoms with E-state index in [-0.39, 0.29) is 18.4 Å². The van der Waals surface area contributed by atoms with Crippen LogP contribution in [-0.4, -0.2) is 71.4 Å². The molecule has 1 aliphatic heterocycles. The standard InChI is InChI=1S/C35H42N2O11/c1-19(2)30-27(16-25-13-10-11-15-28(25)43-17-26-14-9-8-12-20(26)3)34(37-36-30)48-35-33(46-24(7)41)32(45-23(6)40)31(44-22(5)39)29(47-35)18-42-21(4)38/h8-15,19,29,31-33,35H,16-18H2,1-7H3,(H,36,37)/t29-,31-,32+,33-,35?/m1/s1. The quantitative estimate of drug-likeness (QED) is 0.202. The topological polar surface area (TPSA) is 162 Å². The van der Waals surface area contributed by atoms with Gasteiger partial charge in [-0.3, -0.25) is 24.3 Å². The lowest BCUT2D eigenvalue weighted by atomic mass is 9.97. The summed E-state index contributed by atoms with van der Waals surface area (Å²) in [5.41, 5.74) is 4.51. The minimum absolute atomic E-state index is 0.000275. The van der Waals surface area contributed by atoms with Gasteiger partial charge in [-0.1, -0.05) is 56.3 Å². The fourth-order valence-corrected chi connectivity index (χ4v) is 5.41. The highest BCUT2D eigenvalue weighted by Crippen LogP contribution is 2.35. The van der Waals surface area contributed by atoms with Crippen LogP contribution in [-0.2, 0) is 55.9 Å². The van der Waals surface area contributed by atoms with Gasteiger partial charge in [0.15, 0.2) is 12.2 Å². The summed E-state index contributed by atoms with van der Waals surface area (Å²) < 4.78 is 40.5. The molecule has 3 aromatic rings. The van der Waals surface area contributed by atoms with Gasteiger partial charge in [-0.25, -0.2) is 0 Å². The molecule has 1 aromatic heterocycles. The highest BCUT2D eigenvalue weighted by molar-refractivity contribution is 5.68. The van der Waals surface area contributed by atoms with E-state index in [1.807, 2.05) is 69.3 Å². The number of hydrogen-bond acceptors (Lipinski definition) is 12. The Morgan fingerprint density at radius 2 is 1.42 bits per heavy atom. The molecule has 258 valence electrons. The zero-order valence-electron chi connectivity index (χ0n) is 28.1. The summed E-state index contributed by atoms with van der Waals surface area (Å²) in [4.78, 5) is 48.4. The summed E-state index contributed by atoms with van der Waals surface area (Å²) in [6.45, 7) is 10.7. The number of H-pyrrole nitrogens is 1. The first-order valence-corrected chi connectivity index (χ1v) is 15.6. The van der Waals surface area contributed by atoms with Gasteiger partial charge in [-0.05, 0) is 35.6 Å². The van der Waals surface area contributed by atoms with Crippen molar-refractivity contribution in [2.45, 2.75) is 98.1 Å². The van der Waals surface area contributed by atoms with E-state index in [0.717, 1.165) is 36.2 Å². The first kappa shape index (κ1) is 35.9. The SMILES string of the molecule is CC(=O)OC[C@H]1OC(Oc2n[nH]c(C(C)C)c2Cc2ccccc2OCc2ccccc2C)[C@H](OC(C)=O)[C@@H](OC(C)=O)[C@@H]1OC(C)=O. The predicted octanol–water partition coefficient (Wildman–Crippen LogP) is 4.47. The van der Waals surface area contributed by atoms with E-state index in [1.165, 1.54) is 13.8 Å². The van der Waals surface area contributed by atoms with Crippen LogP contribution in [0, 0.1) is 6.92 Å². The number of rotatable bonds is 13. The largest absolute Gasteiger partial charge is 0.489 e. The molecule has 2 heterocycles. The molecule has 1 unspecified atom stereocenters. The third-order valence-electron chi connectivity index (χ3n) is 7.60. The summed E-state index contributed by atoms with van der Waals surface area (Å²) in [5.74, 6) is -2.02. The molecule has 2 aromatic carbocycles. The molecular formula is C35H42N2O11. The number of aromatic nitrogens is 2. The Morgan fingerprint density at radius 1 is 0.812 bits per heavy atom. The number of carbonyl (C=O) groups excluding carboxylic acids is 4. The van der Waals surface area contributed by atoms with Crippen molar-refractivity contribution in [2.75, 3.05) is 6.61 Å². The normalized spacial score (nSPS) is 20.5. The van der Waals surface area contributed by atoms with Crippen molar-refractivity contribution in [3.63, 3.8) is 0 Å². The lowest BCUT2D eigenvalue weighted by molar-refractivity contribution is -0.289. The average Bonchev–Trinajstić information content (AvgIpc) is 3.40. The van der Waals surface area contributed by atoms with E-state index in [9.17, 15) is 19.2 Å². The van der Waals surface area contributed by atoms with E-state index >= 15 is 0 Å². The second-order valence-corrected chi connectivity index (χ2v) is 11.8. The number of carbonyl (C=O) groups is 4. The molecule has 13 nitrogen and oxygen atoms in total. The lowest BCUT2D eigenvalue weighted by Crippen LogP contribution is -2.63. The number of ether oxygens (including phenoxy) is 7. The Hall–Kier alpha value is -4.91. The van der Waals surface area contributed by atoms with Crippen LogP contribution in [0.25, 0.3) is 0 Å². The summed E-state index contributed by atoms with van der Waals surface area (Å²) in [7, 11) is 0. The second kappa shape index (κ2) is 16.3. The summed E-state index contributed by atoms with van der Waals surface area (Å²) in [5, 5.41) is 7.49. The summed E-state index contributed by atoms with van der Waals surface area (Å²) in [6, 6.07) is 15.6. The molecule has 0 amide bonds. The maximum absolute atomic E-state index is 12.3. The maximum Gasteiger partial charge on any atom is 0.303 e. The van der Waals surface area contributed by atoms with Crippen LogP contribution in [0.2, 0.25) is 0 Å². The van der Waals surface area contributed by atoms with Crippen molar-refractivity contribution < 1.29 is 52.3 Å². The molecule has 1 aliphatic rings. The number of aryl methyl sites for hydroxylation is 1. The Balaban J connectivity index is 1.70. The Kier molecular flexibility index (Phi) is 12.2. The number of para-hydroxylation sites is 1. The fourth-order valence-electron chi connectivity index (χ4n) is 5.41. The van der Waals surface area contributed by atoms with Gasteiger partial charge in [0.05, 0.1) is 0 Å². The molecule has 0 radical (unpaired) electrons. The highest BCUT2D eigenvalue weighted by atomic mass is 16.7. The van der Waals surface area contributed by atoms with Gasteiger partial charge in [0.1, 0.15) is 25.1 Å². The van der Waals surface area contributed by atoms with Gasteiger partial charge in [-0.15, -0.1) is 5.10 Å². The van der Waals surface area contributed by atoms with Crippen LogP contribution in [0.5, 0.6) is 11.6 Å². The fraction of sp³-hybridized carbons (Fsp3) is 0.457. The second-order valence-electron chi connectivity index (χ2n) is 11.8. The monoisotopic (exact) mass is 666 g/mol. The van der Waals surface area contributed by atoms with Crippen LogP contribution in [0.1, 0.15) is 75.4 Å². The number of benzene rings is 2. The zero-order valence-corrected chi connectivity index (χ0v) is 28.1. The van der Waals surface area contributed by atoms with Gasteiger partial charge in [0.25, 0.3) is 0 Å². The Labute approximate surface area is 279 Å². The molecule has 0 aliphatic carbocycles. The van der Waals surface area contributed by atoms with Crippen molar-refractivity contribution in [1.29, 1.82) is 0 Å². The third-order valence-corrected chi connectivity index (χ3v) is 7.60. The van der Waals surface area contributed by atoms with Gasteiger partial charge in [0.2, 0.25) is 18.3 Å². The molecule has 4 rings (SSSR count). The zero-order chi connectivity index (χ0) is 35.0. The van der Waals surface area contributed by atoms with E-state index in [2.05, 4.69) is 10.2 Å². The van der Waals surface area contributed by atoms with Crippen LogP contribution in [0.4, 0.5) is 0 Å². The van der Waals surface area contributed by atoms with Crippen LogP contribution in [0.3, 0.4) is 0 Å². The van der Waals surface area contributed by atoms with Crippen LogP contribution in [0.15, 0.2) is 48.5 Å². The molecule has 0 bridgehead atoms. The molecule has 13 heteroatoms. The predicted molar refractivity (Wildman–Crippen MR) is 170 cm³/mol. The van der Waals surface area contributed by atoms with Gasteiger partial charge < -0.3 is 33.2 Å². The van der Waals surface area contributed by atoms with Crippen molar-refractivity contribution >= 4 is 23.9 Å². The number of nitrogens with zero attached hydrogens (tertiary/aromatic N) is 1. The van der Waals surface area contributed by atoms with Gasteiger partial charge in [0, 0.05) is 45.4 Å². The average molecular weight is 667 g/mol. The van der Waals surface area contributed by atoms with Crippen molar-refractivity contribution in [3.8, 4) is 11.6 Å². The molecule has 5 atom stereocenters. The number of aromatic amines is 1. The molecule has 0 saturated carbocycles. The maximum atomic E-state index is 12.3. The van der Waals surface area contributed by atoms with Crippen molar-refractivity contribution in [1.82, 2.24) is 10.2 Å². The molecule has 1 fully saturated rings. The van der Waals surface area contributed by atoms with Crippen LogP contribution >= 0.6 is 0 Å². The molecule has 1 saturated heterocycles. The molecular weight excluding hydrogens is 624 g/mol. The third kappa shape index (κ3) is 9.34. The Morgan fingerprint density at radius 3 is 2.04 bits per heavy atom. The first-order valence-electron chi connectivity index (χ1n) is 15.6. The van der Waals surface area contributed by atoms with Crippen molar-refractivity contribution in [3.05, 3.63) is 76.5 Å². The van der Waals surface area contributed by atoms with Gasteiger partial charge in [-0.2, -0.15) is 0 Å². The summed E-state index contributed by atoms with van der Waals surface area (Å²) in [6.07, 6.45) is -6.34. The van der Waals surface area contributed by atoms with E-state index < -0.39 is 54.6 Å². The number of nitrogens with one attached hydrogen (secondary N) is 1. The van der Waals surface area contributed by atoms with E-state index in [0.29, 0.717) is 24.3 Å². The minimum Gasteiger partial charge on any atom is -0.489 e. The van der Waals surface area contributed by atoms with E-state index in [4.69, 9.17) is 33.2 Å². The van der Waals surface area contributed by atoms with Gasteiger partial charge >= 0.3 is 23.9 Å². The Bertz CT molecular complexity index is 1600. The smallest absolute Gasteiger partial charge is 0.303 e. The van der Waals surface area contributed by atoms with E-state index in [1.54, 1.807) is 0 Å². The molecule has 0 spiro atoms. The highest BCUT2D eigenvalue weighted by Gasteiger charge is 2.53. The van der Waals surface area contributed by atoms with Crippen molar-refractivity contribution in [2.24, 2.45) is 0 Å². The molecule has 1 N–H and O–H groups in total. The van der Waals surface area contributed by atoms with Crippen LogP contribution < -0.4 is 9.47 Å². The molecule has 48 heavy (non-hydrogen) atoms. The summed E-state index contributed by atoms with van der Waals surface area (Å²) >= 11 is 0. The number of hydrogen-bond donors (Lipinski definition) is 1.